The molecule has 0 amide bonds. The summed E-state index contributed by atoms with van der Waals surface area (Å²) < 4.78 is 72.3. The second-order valence-corrected chi connectivity index (χ2v) is 12.9. The van der Waals surface area contributed by atoms with Crippen molar-refractivity contribution in [3.05, 3.63) is 121 Å². The summed E-state index contributed by atoms with van der Waals surface area (Å²) in [6.45, 7) is 1.88. The fourth-order valence-electron chi connectivity index (χ4n) is 4.95. The molecule has 0 saturated carbocycles. The molecule has 6 aromatic rings. The van der Waals surface area contributed by atoms with Crippen LogP contribution in [0.3, 0.4) is 0 Å². The van der Waals surface area contributed by atoms with Crippen molar-refractivity contribution < 1.29 is 85.1 Å². The molecule has 0 spiro atoms. The number of benzene rings is 6. The monoisotopic (exact) mass is 695 g/mol. The van der Waals surface area contributed by atoms with Gasteiger partial charge in [0.05, 0.1) is 32.5 Å². The number of aryl methyl sites for hydroxylation is 1. The van der Waals surface area contributed by atoms with Gasteiger partial charge in [-0.1, -0.05) is 54.6 Å². The van der Waals surface area contributed by atoms with Crippen LogP contribution in [0, 0.1) is 6.92 Å². The average Bonchev–Trinajstić information content (AvgIpc) is 3.03. The molecule has 1 N–H and O–H groups in total. The number of rotatable bonds is 8. The van der Waals surface area contributed by atoms with Gasteiger partial charge in [-0.25, -0.2) is 16.8 Å². The first-order chi connectivity index (χ1) is 22.0. The number of anilines is 2. The molecule has 15 heteroatoms. The number of hydrogen-bond acceptors (Lipinski definition) is 11. The average molecular weight is 696 g/mol. The Kier molecular flexibility index (Phi) is 12.1. The zero-order valence-electron chi connectivity index (χ0n) is 26.0. The number of azo groups is 2. The van der Waals surface area contributed by atoms with E-state index in [-0.39, 0.29) is 70.2 Å². The Labute approximate surface area is 321 Å². The number of nitrogens with one attached hydrogen (secondary N) is 1. The molecule has 0 fully saturated rings. The first kappa shape index (κ1) is 37.5. The predicted molar refractivity (Wildman–Crippen MR) is 173 cm³/mol. The van der Waals surface area contributed by atoms with Crippen molar-refractivity contribution in [1.82, 2.24) is 0 Å². The number of hydrogen-bond donors (Lipinski definition) is 1. The van der Waals surface area contributed by atoms with Crippen LogP contribution in [0.4, 0.5) is 34.1 Å². The molecular weight excluding hydrogens is 673 g/mol. The molecule has 0 aliphatic heterocycles. The molecular formula is C33H23N5Na2O6S2. The van der Waals surface area contributed by atoms with Crippen molar-refractivity contribution in [2.24, 2.45) is 20.5 Å². The van der Waals surface area contributed by atoms with E-state index in [1.807, 2.05) is 43.3 Å². The summed E-state index contributed by atoms with van der Waals surface area (Å²) in [7, 11) is -9.64. The van der Waals surface area contributed by atoms with Crippen molar-refractivity contribution in [1.29, 1.82) is 0 Å². The normalized spacial score (nSPS) is 11.9. The molecule has 230 valence electrons. The van der Waals surface area contributed by atoms with Crippen LogP contribution in [-0.2, 0) is 20.2 Å². The number of fused-ring (bicyclic) bond motifs is 2. The molecule has 0 aliphatic carbocycles. The molecule has 6 aromatic carbocycles. The summed E-state index contributed by atoms with van der Waals surface area (Å²) in [5, 5.41) is 21.8. The van der Waals surface area contributed by atoms with E-state index in [4.69, 9.17) is 0 Å². The van der Waals surface area contributed by atoms with Gasteiger partial charge in [0.1, 0.15) is 20.2 Å². The van der Waals surface area contributed by atoms with Crippen molar-refractivity contribution in [3.63, 3.8) is 0 Å². The molecule has 0 radical (unpaired) electrons. The number of nitrogens with zero attached hydrogens (tertiary/aromatic N) is 4. The Balaban J connectivity index is 0.00000260. The van der Waals surface area contributed by atoms with Crippen LogP contribution in [-0.4, -0.2) is 25.9 Å². The van der Waals surface area contributed by atoms with Gasteiger partial charge in [-0.3, -0.25) is 0 Å². The Morgan fingerprint density at radius 3 is 1.77 bits per heavy atom. The summed E-state index contributed by atoms with van der Waals surface area (Å²) in [4.78, 5) is -0.860. The fraction of sp³-hybridized carbons (Fsp3) is 0.0303. The van der Waals surface area contributed by atoms with Crippen LogP contribution < -0.4 is 64.4 Å². The van der Waals surface area contributed by atoms with E-state index in [1.54, 1.807) is 48.5 Å². The molecule has 11 nitrogen and oxygen atoms in total. The van der Waals surface area contributed by atoms with E-state index >= 15 is 0 Å². The minimum Gasteiger partial charge on any atom is -0.744 e. The first-order valence-corrected chi connectivity index (χ1v) is 16.6. The summed E-state index contributed by atoms with van der Waals surface area (Å²) in [6.07, 6.45) is 0. The first-order valence-electron chi connectivity index (χ1n) is 13.7. The summed E-state index contributed by atoms with van der Waals surface area (Å²) in [5.41, 5.74) is 3.45. The van der Waals surface area contributed by atoms with Crippen LogP contribution >= 0.6 is 0 Å². The van der Waals surface area contributed by atoms with E-state index in [9.17, 15) is 25.9 Å². The van der Waals surface area contributed by atoms with Gasteiger partial charge in [0.2, 0.25) is 0 Å². The largest absolute Gasteiger partial charge is 1.00 e. The smallest absolute Gasteiger partial charge is 0.744 e. The van der Waals surface area contributed by atoms with E-state index in [1.165, 1.54) is 30.3 Å². The third kappa shape index (κ3) is 8.26. The molecule has 0 heterocycles. The van der Waals surface area contributed by atoms with Crippen molar-refractivity contribution in [2.75, 3.05) is 5.32 Å². The molecule has 6 rings (SSSR count). The van der Waals surface area contributed by atoms with Crippen LogP contribution in [0.5, 0.6) is 0 Å². The maximum Gasteiger partial charge on any atom is 1.00 e. The molecule has 48 heavy (non-hydrogen) atoms. The van der Waals surface area contributed by atoms with Gasteiger partial charge in [-0.05, 0) is 73.2 Å². The van der Waals surface area contributed by atoms with E-state index in [0.717, 1.165) is 5.56 Å². The second-order valence-electron chi connectivity index (χ2n) is 10.2. The topological polar surface area (TPSA) is 176 Å². The zero-order chi connectivity index (χ0) is 32.5. The molecule has 0 saturated heterocycles. The van der Waals surface area contributed by atoms with E-state index in [0.29, 0.717) is 44.6 Å². The van der Waals surface area contributed by atoms with Gasteiger partial charge in [-0.2, -0.15) is 5.11 Å². The van der Waals surface area contributed by atoms with Crippen LogP contribution in [0.25, 0.3) is 21.5 Å². The minimum absolute atomic E-state index is 0. The Bertz CT molecular complexity index is 2430. The number of para-hydroxylation sites is 1. The van der Waals surface area contributed by atoms with Gasteiger partial charge < -0.3 is 14.4 Å². The second kappa shape index (κ2) is 15.5. The third-order valence-corrected chi connectivity index (χ3v) is 8.89. The molecule has 0 aliphatic rings. The summed E-state index contributed by atoms with van der Waals surface area (Å²) in [5.74, 6) is 0. The molecule has 0 unspecified atom stereocenters. The Morgan fingerprint density at radius 1 is 0.542 bits per heavy atom. The van der Waals surface area contributed by atoms with E-state index in [2.05, 4.69) is 25.8 Å². The van der Waals surface area contributed by atoms with Gasteiger partial charge >= 0.3 is 59.1 Å². The predicted octanol–water partition coefficient (Wildman–Crippen LogP) is 2.69. The third-order valence-electron chi connectivity index (χ3n) is 7.18. The fourth-order valence-corrected chi connectivity index (χ4v) is 6.16. The van der Waals surface area contributed by atoms with Gasteiger partial charge in [-0.15, -0.1) is 15.3 Å². The molecule has 0 bridgehead atoms. The quantitative estimate of drug-likeness (QED) is 0.145. The Morgan fingerprint density at radius 2 is 1.12 bits per heavy atom. The van der Waals surface area contributed by atoms with Crippen LogP contribution in [0.15, 0.2) is 146 Å². The minimum atomic E-state index is -4.86. The van der Waals surface area contributed by atoms with Crippen molar-refractivity contribution in [2.45, 2.75) is 16.7 Å². The van der Waals surface area contributed by atoms with Crippen molar-refractivity contribution in [3.8, 4) is 0 Å². The summed E-state index contributed by atoms with van der Waals surface area (Å²) in [6, 6.07) is 31.0. The van der Waals surface area contributed by atoms with Crippen LogP contribution in [0.1, 0.15) is 5.56 Å². The SMILES string of the molecule is Cc1ccccc1N=Nc1ccc(N=Nc2ccc(Nc3ccccc3)c3c(S(=O)(=O)[O-])cccc23)c2ccc(S(=O)(=O)[O-])cc12.[Na+].[Na+]. The van der Waals surface area contributed by atoms with Gasteiger partial charge in [0.15, 0.2) is 0 Å². The Hall–Kier alpha value is -3.34. The molecule has 0 atom stereocenters. The molecule has 0 aromatic heterocycles. The maximum atomic E-state index is 12.3. The van der Waals surface area contributed by atoms with Gasteiger partial charge in [0.25, 0.3) is 0 Å². The maximum absolute atomic E-state index is 12.3. The summed E-state index contributed by atoms with van der Waals surface area (Å²) >= 11 is 0. The van der Waals surface area contributed by atoms with Gasteiger partial charge in [0, 0.05) is 32.9 Å². The van der Waals surface area contributed by atoms with Crippen molar-refractivity contribution >= 4 is 75.9 Å². The van der Waals surface area contributed by atoms with Crippen LogP contribution in [0.2, 0.25) is 0 Å². The zero-order valence-corrected chi connectivity index (χ0v) is 31.7. The van der Waals surface area contributed by atoms with E-state index < -0.39 is 30.0 Å². The standard InChI is InChI=1S/C33H25N5O6S2.2Na/c1-21-8-5-6-12-27(21)35-38-30-17-16-28(24-15-14-23(20-26(24)30)45(39,40)41)36-37-29-18-19-31(34-22-9-3-2-4-10-22)33-25(29)11-7-13-32(33)46(42,43)44;;/h2-20,34H,1H3,(H,39,40,41)(H,42,43,44);;/q;2*+1/p-2.